The van der Waals surface area contributed by atoms with Gasteiger partial charge in [0.25, 0.3) is 0 Å². The molecule has 1 atom stereocenters. The van der Waals surface area contributed by atoms with Crippen LogP contribution in [0.15, 0.2) is 24.3 Å². The number of thiophene rings is 1. The molecule has 0 saturated heterocycles. The maximum atomic E-state index is 13.9. The van der Waals surface area contributed by atoms with Gasteiger partial charge in [0, 0.05) is 9.75 Å². The van der Waals surface area contributed by atoms with Gasteiger partial charge in [-0.3, -0.25) is 0 Å². The van der Waals surface area contributed by atoms with E-state index < -0.39 is 0 Å². The Hall–Kier alpha value is -0.870. The fourth-order valence-corrected chi connectivity index (χ4v) is 4.78. The van der Waals surface area contributed by atoms with E-state index >= 15 is 0 Å². The first kappa shape index (κ1) is 15.0. The standard InChI is InChI=1S/C17H18BrFOS/c1-20-14-8-7-12(9-13(14)19)17(18)16-10-11-5-3-2-4-6-15(11)21-16/h7-10,17H,2-6H2,1H3. The van der Waals surface area contributed by atoms with E-state index in [2.05, 4.69) is 22.0 Å². The molecule has 1 heterocycles. The second kappa shape index (κ2) is 6.49. The molecule has 0 saturated carbocycles. The van der Waals surface area contributed by atoms with Crippen molar-refractivity contribution in [1.82, 2.24) is 0 Å². The maximum absolute atomic E-state index is 13.9. The molecule has 112 valence electrons. The number of hydrogen-bond donors (Lipinski definition) is 0. The third kappa shape index (κ3) is 3.16. The van der Waals surface area contributed by atoms with Crippen molar-refractivity contribution in [2.75, 3.05) is 7.11 Å². The number of halogens is 2. The van der Waals surface area contributed by atoms with Crippen molar-refractivity contribution in [2.45, 2.75) is 36.9 Å². The van der Waals surface area contributed by atoms with Crippen molar-refractivity contribution >= 4 is 27.3 Å². The third-order valence-electron chi connectivity index (χ3n) is 3.98. The molecule has 0 amide bonds. The Morgan fingerprint density at radius 2 is 2.00 bits per heavy atom. The Labute approximate surface area is 137 Å². The van der Waals surface area contributed by atoms with Gasteiger partial charge < -0.3 is 4.74 Å². The van der Waals surface area contributed by atoms with Gasteiger partial charge in [0.2, 0.25) is 0 Å². The van der Waals surface area contributed by atoms with Crippen molar-refractivity contribution < 1.29 is 9.13 Å². The number of fused-ring (bicyclic) bond motifs is 1. The summed E-state index contributed by atoms with van der Waals surface area (Å²) in [4.78, 5) is 2.84. The Balaban J connectivity index is 1.88. The van der Waals surface area contributed by atoms with Gasteiger partial charge in [0.15, 0.2) is 11.6 Å². The average molecular weight is 369 g/mol. The highest BCUT2D eigenvalue weighted by Gasteiger charge is 2.19. The first-order valence-corrected chi connectivity index (χ1v) is 9.01. The number of aryl methyl sites for hydroxylation is 2. The van der Waals surface area contributed by atoms with Crippen molar-refractivity contribution in [3.05, 3.63) is 51.0 Å². The predicted octanol–water partition coefficient (Wildman–Crippen LogP) is 5.65. The maximum Gasteiger partial charge on any atom is 0.165 e. The topological polar surface area (TPSA) is 9.23 Å². The van der Waals surface area contributed by atoms with Crippen molar-refractivity contribution in [3.63, 3.8) is 0 Å². The van der Waals surface area contributed by atoms with Crippen LogP contribution in [0.4, 0.5) is 4.39 Å². The summed E-state index contributed by atoms with van der Waals surface area (Å²) in [6.07, 6.45) is 6.28. The lowest BCUT2D eigenvalue weighted by atomic mass is 10.1. The van der Waals surface area contributed by atoms with E-state index in [0.717, 1.165) is 5.56 Å². The first-order valence-electron chi connectivity index (χ1n) is 7.28. The molecule has 1 aromatic carbocycles. The van der Waals surface area contributed by atoms with Crippen LogP contribution < -0.4 is 4.74 Å². The average Bonchev–Trinajstić information content (AvgIpc) is 2.77. The fraction of sp³-hybridized carbons (Fsp3) is 0.412. The predicted molar refractivity (Wildman–Crippen MR) is 89.3 cm³/mol. The molecule has 1 nitrogen and oxygen atoms in total. The van der Waals surface area contributed by atoms with Gasteiger partial charge in [-0.1, -0.05) is 28.4 Å². The minimum atomic E-state index is -0.308. The van der Waals surface area contributed by atoms with E-state index in [9.17, 15) is 4.39 Å². The van der Waals surface area contributed by atoms with Gasteiger partial charge in [0.1, 0.15) is 0 Å². The Kier molecular flexibility index (Phi) is 4.65. The van der Waals surface area contributed by atoms with Crippen molar-refractivity contribution in [2.24, 2.45) is 0 Å². The van der Waals surface area contributed by atoms with Crippen LogP contribution in [0.3, 0.4) is 0 Å². The highest BCUT2D eigenvalue weighted by molar-refractivity contribution is 9.09. The Morgan fingerprint density at radius 1 is 1.19 bits per heavy atom. The molecule has 0 N–H and O–H groups in total. The van der Waals surface area contributed by atoms with E-state index in [1.54, 1.807) is 12.1 Å². The zero-order chi connectivity index (χ0) is 14.8. The van der Waals surface area contributed by atoms with E-state index in [-0.39, 0.29) is 10.6 Å². The van der Waals surface area contributed by atoms with Crippen LogP contribution in [0.5, 0.6) is 5.75 Å². The summed E-state index contributed by atoms with van der Waals surface area (Å²) in [6, 6.07) is 7.47. The van der Waals surface area contributed by atoms with Gasteiger partial charge >= 0.3 is 0 Å². The van der Waals surface area contributed by atoms with Crippen LogP contribution in [0.1, 0.15) is 45.0 Å². The van der Waals surface area contributed by atoms with E-state index in [1.807, 2.05) is 17.4 Å². The summed E-state index contributed by atoms with van der Waals surface area (Å²) in [5.74, 6) is -0.0158. The van der Waals surface area contributed by atoms with Crippen LogP contribution in [0.25, 0.3) is 0 Å². The number of methoxy groups -OCH3 is 1. The van der Waals surface area contributed by atoms with Crippen LogP contribution in [0.2, 0.25) is 0 Å². The van der Waals surface area contributed by atoms with E-state index in [1.165, 1.54) is 54.5 Å². The monoisotopic (exact) mass is 368 g/mol. The molecule has 1 aliphatic carbocycles. The normalized spacial score (nSPS) is 16.1. The van der Waals surface area contributed by atoms with Crippen LogP contribution in [0, 0.1) is 5.82 Å². The van der Waals surface area contributed by atoms with Gasteiger partial charge in [-0.25, -0.2) is 4.39 Å². The quantitative estimate of drug-likeness (QED) is 0.502. The van der Waals surface area contributed by atoms with Gasteiger partial charge in [0.05, 0.1) is 11.9 Å². The molecule has 3 rings (SSSR count). The summed E-state index contributed by atoms with van der Waals surface area (Å²) in [6.45, 7) is 0. The molecule has 1 aliphatic rings. The summed E-state index contributed by atoms with van der Waals surface area (Å²) in [5, 5.41) is 0. The molecule has 0 aliphatic heterocycles. The highest BCUT2D eigenvalue weighted by Crippen LogP contribution is 2.39. The highest BCUT2D eigenvalue weighted by atomic mass is 79.9. The summed E-state index contributed by atoms with van der Waals surface area (Å²) in [7, 11) is 1.49. The van der Waals surface area contributed by atoms with E-state index in [0.29, 0.717) is 5.75 Å². The number of hydrogen-bond acceptors (Lipinski definition) is 2. The molecule has 1 aromatic heterocycles. The molecule has 0 spiro atoms. The van der Waals surface area contributed by atoms with Crippen LogP contribution >= 0.6 is 27.3 Å². The molecule has 1 unspecified atom stereocenters. The molecular weight excluding hydrogens is 351 g/mol. The lowest BCUT2D eigenvalue weighted by Gasteiger charge is -2.10. The third-order valence-corrected chi connectivity index (χ3v) is 6.61. The molecule has 21 heavy (non-hydrogen) atoms. The Bertz CT molecular complexity index is 614. The van der Waals surface area contributed by atoms with E-state index in [4.69, 9.17) is 4.74 Å². The lowest BCUT2D eigenvalue weighted by molar-refractivity contribution is 0.386. The second-order valence-corrected chi connectivity index (χ2v) is 7.50. The van der Waals surface area contributed by atoms with Crippen molar-refractivity contribution in [1.29, 1.82) is 0 Å². The minimum Gasteiger partial charge on any atom is -0.494 e. The molecule has 4 heteroatoms. The first-order chi connectivity index (χ1) is 10.2. The molecular formula is C17H18BrFOS. The second-order valence-electron chi connectivity index (χ2n) is 5.41. The zero-order valence-electron chi connectivity index (χ0n) is 12.0. The number of alkyl halides is 1. The molecule has 0 radical (unpaired) electrons. The van der Waals surface area contributed by atoms with Crippen LogP contribution in [-0.4, -0.2) is 7.11 Å². The number of rotatable bonds is 3. The smallest absolute Gasteiger partial charge is 0.165 e. The van der Waals surface area contributed by atoms with Crippen LogP contribution in [-0.2, 0) is 12.8 Å². The number of ether oxygens (including phenoxy) is 1. The van der Waals surface area contributed by atoms with Gasteiger partial charge in [-0.2, -0.15) is 0 Å². The molecule has 0 bridgehead atoms. The summed E-state index contributed by atoms with van der Waals surface area (Å²) < 4.78 is 18.8. The SMILES string of the molecule is COc1ccc(C(Br)c2cc3c(s2)CCCCC3)cc1F. The molecule has 2 aromatic rings. The minimum absolute atomic E-state index is 0.0508. The van der Waals surface area contributed by atoms with Crippen molar-refractivity contribution in [3.8, 4) is 5.75 Å². The van der Waals surface area contributed by atoms with Gasteiger partial charge in [-0.05, 0) is 55.0 Å². The number of benzene rings is 1. The molecule has 0 fully saturated rings. The van der Waals surface area contributed by atoms with Gasteiger partial charge in [-0.15, -0.1) is 11.3 Å². The fourth-order valence-electron chi connectivity index (χ4n) is 2.82. The summed E-state index contributed by atoms with van der Waals surface area (Å²) in [5.41, 5.74) is 2.43. The summed E-state index contributed by atoms with van der Waals surface area (Å²) >= 11 is 5.59. The Morgan fingerprint density at radius 3 is 2.76 bits per heavy atom. The zero-order valence-corrected chi connectivity index (χ0v) is 14.4. The largest absolute Gasteiger partial charge is 0.494 e. The lowest BCUT2D eigenvalue weighted by Crippen LogP contribution is -1.94.